The first-order chi connectivity index (χ1) is 7.38. The van der Waals surface area contributed by atoms with Crippen LogP contribution in [0.25, 0.3) is 0 Å². The molecule has 4 nitrogen and oxygen atoms in total. The highest BCUT2D eigenvalue weighted by Crippen LogP contribution is 2.22. The molecular formula is C11H17NO3S. The first-order valence-electron chi connectivity index (χ1n) is 5.05. The molecule has 0 aliphatic carbocycles. The van der Waals surface area contributed by atoms with Crippen molar-refractivity contribution in [3.05, 3.63) is 23.8 Å². The molecule has 0 unspecified atom stereocenters. The summed E-state index contributed by atoms with van der Waals surface area (Å²) >= 11 is 0. The fraction of sp³-hybridized carbons (Fsp3) is 0.455. The molecule has 1 aromatic rings. The molecule has 2 N–H and O–H groups in total. The van der Waals surface area contributed by atoms with Gasteiger partial charge < -0.3 is 10.5 Å². The Kier molecular flexibility index (Phi) is 4.18. The number of aryl methyl sites for hydroxylation is 1. The lowest BCUT2D eigenvalue weighted by molar-refractivity contribution is 0.319. The number of anilines is 1. The van der Waals surface area contributed by atoms with Crippen molar-refractivity contribution in [3.63, 3.8) is 0 Å². The number of sulfone groups is 1. The summed E-state index contributed by atoms with van der Waals surface area (Å²) in [7, 11) is -2.91. The predicted octanol–water partition coefficient (Wildman–Crippen LogP) is 1.39. The van der Waals surface area contributed by atoms with E-state index in [9.17, 15) is 8.42 Å². The van der Waals surface area contributed by atoms with Crippen LogP contribution in [0.1, 0.15) is 12.0 Å². The highest BCUT2D eigenvalue weighted by Gasteiger charge is 2.03. The molecule has 0 aliphatic rings. The largest absolute Gasteiger partial charge is 0.491 e. The van der Waals surface area contributed by atoms with E-state index in [-0.39, 0.29) is 5.75 Å². The molecule has 0 bridgehead atoms. The minimum atomic E-state index is -2.91. The van der Waals surface area contributed by atoms with Crippen LogP contribution in [0.4, 0.5) is 5.69 Å². The van der Waals surface area contributed by atoms with Crippen LogP contribution in [-0.4, -0.2) is 27.0 Å². The van der Waals surface area contributed by atoms with Crippen molar-refractivity contribution < 1.29 is 13.2 Å². The maximum absolute atomic E-state index is 10.9. The highest BCUT2D eigenvalue weighted by atomic mass is 32.2. The van der Waals surface area contributed by atoms with Gasteiger partial charge in [0.05, 0.1) is 18.0 Å². The van der Waals surface area contributed by atoms with Crippen molar-refractivity contribution in [2.45, 2.75) is 13.3 Å². The normalized spacial score (nSPS) is 11.4. The Morgan fingerprint density at radius 2 is 2.06 bits per heavy atom. The average molecular weight is 243 g/mol. The number of benzene rings is 1. The van der Waals surface area contributed by atoms with Crippen molar-refractivity contribution in [2.24, 2.45) is 0 Å². The van der Waals surface area contributed by atoms with Gasteiger partial charge in [-0.25, -0.2) is 8.42 Å². The summed E-state index contributed by atoms with van der Waals surface area (Å²) in [5, 5.41) is 0. The zero-order valence-electron chi connectivity index (χ0n) is 9.56. The van der Waals surface area contributed by atoms with E-state index in [1.165, 1.54) is 6.26 Å². The van der Waals surface area contributed by atoms with E-state index >= 15 is 0 Å². The van der Waals surface area contributed by atoms with E-state index in [0.29, 0.717) is 24.5 Å². The van der Waals surface area contributed by atoms with Gasteiger partial charge in [0.2, 0.25) is 0 Å². The van der Waals surface area contributed by atoms with Gasteiger partial charge in [-0.15, -0.1) is 0 Å². The molecule has 0 aromatic heterocycles. The molecule has 0 atom stereocenters. The Balaban J connectivity index is 2.46. The summed E-state index contributed by atoms with van der Waals surface area (Å²) < 4.78 is 27.2. The molecule has 90 valence electrons. The van der Waals surface area contributed by atoms with Crippen LogP contribution in [0, 0.1) is 6.92 Å². The molecule has 0 fully saturated rings. The minimum Gasteiger partial charge on any atom is -0.491 e. The van der Waals surface area contributed by atoms with Gasteiger partial charge in [0, 0.05) is 6.26 Å². The molecule has 16 heavy (non-hydrogen) atoms. The van der Waals surface area contributed by atoms with Crippen molar-refractivity contribution in [1.82, 2.24) is 0 Å². The first kappa shape index (κ1) is 12.8. The Morgan fingerprint density at radius 1 is 1.38 bits per heavy atom. The first-order valence-corrected chi connectivity index (χ1v) is 7.11. The maximum atomic E-state index is 10.9. The van der Waals surface area contributed by atoms with Gasteiger partial charge in [0.1, 0.15) is 15.6 Å². The number of nitrogen functional groups attached to an aromatic ring is 1. The van der Waals surface area contributed by atoms with E-state index in [1.807, 2.05) is 19.1 Å². The van der Waals surface area contributed by atoms with Crippen LogP contribution < -0.4 is 10.5 Å². The van der Waals surface area contributed by atoms with Crippen LogP contribution >= 0.6 is 0 Å². The van der Waals surface area contributed by atoms with Gasteiger partial charge in [-0.3, -0.25) is 0 Å². The van der Waals surface area contributed by atoms with Gasteiger partial charge in [-0.1, -0.05) is 6.07 Å². The lowest BCUT2D eigenvalue weighted by Gasteiger charge is -2.09. The molecule has 1 aromatic carbocycles. The molecule has 0 heterocycles. The maximum Gasteiger partial charge on any atom is 0.147 e. The Morgan fingerprint density at radius 3 is 2.69 bits per heavy atom. The van der Waals surface area contributed by atoms with Crippen LogP contribution in [0.15, 0.2) is 18.2 Å². The predicted molar refractivity (Wildman–Crippen MR) is 65.4 cm³/mol. The number of hydrogen-bond donors (Lipinski definition) is 1. The summed E-state index contributed by atoms with van der Waals surface area (Å²) in [4.78, 5) is 0. The lowest BCUT2D eigenvalue weighted by Crippen LogP contribution is -2.08. The topological polar surface area (TPSA) is 69.4 Å². The van der Waals surface area contributed by atoms with Crippen LogP contribution in [0.5, 0.6) is 5.75 Å². The average Bonchev–Trinajstić information content (AvgIpc) is 2.16. The molecule has 1 rings (SSSR count). The third-order valence-corrected chi connectivity index (χ3v) is 3.12. The Hall–Kier alpha value is -1.23. The van der Waals surface area contributed by atoms with Gasteiger partial charge in [-0.2, -0.15) is 0 Å². The summed E-state index contributed by atoms with van der Waals surface area (Å²) in [6.45, 7) is 2.31. The van der Waals surface area contributed by atoms with Gasteiger partial charge in [-0.05, 0) is 31.0 Å². The van der Waals surface area contributed by atoms with E-state index in [4.69, 9.17) is 10.5 Å². The van der Waals surface area contributed by atoms with Gasteiger partial charge >= 0.3 is 0 Å². The summed E-state index contributed by atoms with van der Waals surface area (Å²) in [6, 6.07) is 5.52. The van der Waals surface area contributed by atoms with Gasteiger partial charge in [0.25, 0.3) is 0 Å². The lowest BCUT2D eigenvalue weighted by atomic mass is 10.2. The third kappa shape index (κ3) is 4.53. The molecule has 0 radical (unpaired) electrons. The molecular weight excluding hydrogens is 226 g/mol. The monoisotopic (exact) mass is 243 g/mol. The molecule has 0 aliphatic heterocycles. The van der Waals surface area contributed by atoms with Crippen LogP contribution in [0.2, 0.25) is 0 Å². The van der Waals surface area contributed by atoms with E-state index in [0.717, 1.165) is 5.56 Å². The zero-order valence-corrected chi connectivity index (χ0v) is 10.4. The molecule has 0 spiro atoms. The summed E-state index contributed by atoms with van der Waals surface area (Å²) in [6.07, 6.45) is 1.69. The second-order valence-corrected chi connectivity index (χ2v) is 6.13. The second kappa shape index (κ2) is 5.21. The molecule has 0 saturated carbocycles. The quantitative estimate of drug-likeness (QED) is 0.626. The Labute approximate surface area is 96.3 Å². The van der Waals surface area contributed by atoms with Crippen molar-refractivity contribution in [2.75, 3.05) is 24.3 Å². The molecule has 5 heteroatoms. The van der Waals surface area contributed by atoms with Crippen LogP contribution in [-0.2, 0) is 9.84 Å². The third-order valence-electron chi connectivity index (χ3n) is 2.09. The van der Waals surface area contributed by atoms with E-state index < -0.39 is 9.84 Å². The fourth-order valence-electron chi connectivity index (χ4n) is 1.27. The smallest absolute Gasteiger partial charge is 0.147 e. The number of ether oxygens (including phenoxy) is 1. The SMILES string of the molecule is Cc1ccc(N)c(OCCCS(C)(=O)=O)c1. The van der Waals surface area contributed by atoms with E-state index in [2.05, 4.69) is 0 Å². The second-order valence-electron chi connectivity index (χ2n) is 3.87. The number of hydrogen-bond acceptors (Lipinski definition) is 4. The standard InChI is InChI=1S/C11H17NO3S/c1-9-4-5-10(12)11(8-9)15-6-3-7-16(2,13)14/h4-5,8H,3,6-7,12H2,1-2H3. The fourth-order valence-corrected chi connectivity index (χ4v) is 1.91. The summed E-state index contributed by atoms with van der Waals surface area (Å²) in [5.74, 6) is 0.757. The molecule has 0 saturated heterocycles. The van der Waals surface area contributed by atoms with Crippen molar-refractivity contribution in [3.8, 4) is 5.75 Å². The molecule has 0 amide bonds. The summed E-state index contributed by atoms with van der Waals surface area (Å²) in [5.41, 5.74) is 7.35. The van der Waals surface area contributed by atoms with Crippen LogP contribution in [0.3, 0.4) is 0 Å². The Bertz CT molecular complexity index is 454. The van der Waals surface area contributed by atoms with Crippen molar-refractivity contribution >= 4 is 15.5 Å². The number of rotatable bonds is 5. The van der Waals surface area contributed by atoms with E-state index in [1.54, 1.807) is 6.07 Å². The zero-order chi connectivity index (χ0) is 12.2. The van der Waals surface area contributed by atoms with Crippen molar-refractivity contribution in [1.29, 1.82) is 0 Å². The number of nitrogens with two attached hydrogens (primary N) is 1. The highest BCUT2D eigenvalue weighted by molar-refractivity contribution is 7.90. The minimum absolute atomic E-state index is 0.138. The van der Waals surface area contributed by atoms with Gasteiger partial charge in [0.15, 0.2) is 0 Å².